The van der Waals surface area contributed by atoms with Crippen LogP contribution in [0.5, 0.6) is 0 Å². The van der Waals surface area contributed by atoms with Crippen LogP contribution in [0.25, 0.3) is 5.65 Å². The number of hydrogen-bond donors (Lipinski definition) is 1. The Morgan fingerprint density at radius 2 is 2.32 bits per heavy atom. The van der Waals surface area contributed by atoms with Gasteiger partial charge in [0.1, 0.15) is 11.5 Å². The van der Waals surface area contributed by atoms with Crippen molar-refractivity contribution >= 4 is 23.2 Å². The second kappa shape index (κ2) is 4.49. The lowest BCUT2D eigenvalue weighted by molar-refractivity contribution is 0.0933. The fraction of sp³-hybridized carbons (Fsp3) is 0.462. The Morgan fingerprint density at radius 3 is 3.00 bits per heavy atom. The third-order valence-corrected chi connectivity index (χ3v) is 3.76. The number of nitrogens with zero attached hydrogens (tertiary/aromatic N) is 3. The average molecular weight is 279 g/mol. The fourth-order valence-electron chi connectivity index (χ4n) is 2.23. The first kappa shape index (κ1) is 12.4. The lowest BCUT2D eigenvalue weighted by Gasteiger charge is -2.11. The standard InChI is InChI=1S/C13H15ClN4O/c1-7-5-10(14)17-12-11(15-6-18(7)12)13(19)16-8(2)9-3-4-9/h5-6,8-9H,3-4H2,1-2H3,(H,16,19)/t8-/m1/s1. The Labute approximate surface area is 116 Å². The Morgan fingerprint density at radius 1 is 1.58 bits per heavy atom. The van der Waals surface area contributed by atoms with Crippen LogP contribution in [0.2, 0.25) is 5.15 Å². The zero-order chi connectivity index (χ0) is 13.6. The molecule has 0 saturated heterocycles. The zero-order valence-corrected chi connectivity index (χ0v) is 11.6. The normalized spacial score (nSPS) is 16.6. The Bertz CT molecular complexity index is 647. The van der Waals surface area contributed by atoms with Gasteiger partial charge in [-0.3, -0.25) is 9.20 Å². The first-order valence-corrected chi connectivity index (χ1v) is 6.75. The maximum Gasteiger partial charge on any atom is 0.274 e. The van der Waals surface area contributed by atoms with Crippen LogP contribution in [0.3, 0.4) is 0 Å². The van der Waals surface area contributed by atoms with E-state index in [-0.39, 0.29) is 11.9 Å². The number of imidazole rings is 1. The van der Waals surface area contributed by atoms with Crippen molar-refractivity contribution in [2.75, 3.05) is 0 Å². The molecule has 1 amide bonds. The smallest absolute Gasteiger partial charge is 0.274 e. The van der Waals surface area contributed by atoms with Gasteiger partial charge in [-0.05, 0) is 38.7 Å². The number of fused-ring (bicyclic) bond motifs is 1. The summed E-state index contributed by atoms with van der Waals surface area (Å²) in [5.74, 6) is 0.423. The fourth-order valence-corrected chi connectivity index (χ4v) is 2.47. The van der Waals surface area contributed by atoms with E-state index in [1.807, 2.05) is 13.8 Å². The topological polar surface area (TPSA) is 59.3 Å². The van der Waals surface area contributed by atoms with Gasteiger partial charge >= 0.3 is 0 Å². The SMILES string of the molecule is Cc1cc(Cl)nc2c(C(=O)N[C@H](C)C3CC3)ncn12. The highest BCUT2D eigenvalue weighted by atomic mass is 35.5. The number of amides is 1. The second-order valence-electron chi connectivity index (χ2n) is 5.11. The van der Waals surface area contributed by atoms with E-state index >= 15 is 0 Å². The number of aromatic nitrogens is 3. The van der Waals surface area contributed by atoms with Crippen molar-refractivity contribution in [3.63, 3.8) is 0 Å². The summed E-state index contributed by atoms with van der Waals surface area (Å²) in [7, 11) is 0. The highest BCUT2D eigenvalue weighted by Gasteiger charge is 2.30. The first-order valence-electron chi connectivity index (χ1n) is 6.37. The summed E-state index contributed by atoms with van der Waals surface area (Å²) in [6.07, 6.45) is 3.98. The number of carbonyl (C=O) groups is 1. The molecule has 1 atom stereocenters. The minimum atomic E-state index is -0.184. The first-order chi connectivity index (χ1) is 9.06. The number of halogens is 1. The van der Waals surface area contributed by atoms with Crippen molar-refractivity contribution in [1.29, 1.82) is 0 Å². The van der Waals surface area contributed by atoms with Crippen molar-refractivity contribution in [2.24, 2.45) is 5.92 Å². The van der Waals surface area contributed by atoms with Crippen LogP contribution in [0.4, 0.5) is 0 Å². The van der Waals surface area contributed by atoms with Gasteiger partial charge in [0.2, 0.25) is 0 Å². The molecule has 19 heavy (non-hydrogen) atoms. The Balaban J connectivity index is 1.93. The molecule has 1 saturated carbocycles. The molecule has 0 spiro atoms. The molecule has 0 aliphatic heterocycles. The van der Waals surface area contributed by atoms with Crippen molar-refractivity contribution in [3.8, 4) is 0 Å². The largest absolute Gasteiger partial charge is 0.348 e. The number of hydrogen-bond acceptors (Lipinski definition) is 3. The maximum atomic E-state index is 12.2. The van der Waals surface area contributed by atoms with Crippen LogP contribution in [0.15, 0.2) is 12.4 Å². The molecular weight excluding hydrogens is 264 g/mol. The summed E-state index contributed by atoms with van der Waals surface area (Å²) in [5, 5.41) is 3.35. The number of aryl methyl sites for hydroxylation is 1. The predicted octanol–water partition coefficient (Wildman–Crippen LogP) is 2.22. The summed E-state index contributed by atoms with van der Waals surface area (Å²) >= 11 is 5.94. The van der Waals surface area contributed by atoms with Gasteiger partial charge in [-0.2, -0.15) is 0 Å². The van der Waals surface area contributed by atoms with E-state index in [0.29, 0.717) is 22.4 Å². The van der Waals surface area contributed by atoms with Crippen LogP contribution in [0.1, 0.15) is 35.9 Å². The minimum Gasteiger partial charge on any atom is -0.348 e. The summed E-state index contributed by atoms with van der Waals surface area (Å²) < 4.78 is 1.77. The quantitative estimate of drug-likeness (QED) is 0.876. The van der Waals surface area contributed by atoms with Crippen LogP contribution in [-0.4, -0.2) is 26.3 Å². The molecule has 1 aliphatic rings. The van der Waals surface area contributed by atoms with Crippen molar-refractivity contribution < 1.29 is 4.79 Å². The molecule has 1 N–H and O–H groups in total. The molecule has 6 heteroatoms. The van der Waals surface area contributed by atoms with E-state index in [0.717, 1.165) is 5.69 Å². The van der Waals surface area contributed by atoms with Crippen molar-refractivity contribution in [2.45, 2.75) is 32.7 Å². The molecule has 0 aromatic carbocycles. The molecule has 2 heterocycles. The zero-order valence-electron chi connectivity index (χ0n) is 10.9. The lowest BCUT2D eigenvalue weighted by atomic mass is 10.2. The third-order valence-electron chi connectivity index (χ3n) is 3.57. The lowest BCUT2D eigenvalue weighted by Crippen LogP contribution is -2.34. The van der Waals surface area contributed by atoms with Gasteiger partial charge in [0.05, 0.1) is 0 Å². The van der Waals surface area contributed by atoms with Crippen molar-refractivity contribution in [3.05, 3.63) is 28.9 Å². The third kappa shape index (κ3) is 2.30. The highest BCUT2D eigenvalue weighted by Crippen LogP contribution is 2.32. The van der Waals surface area contributed by atoms with E-state index in [2.05, 4.69) is 15.3 Å². The molecule has 100 valence electrons. The highest BCUT2D eigenvalue weighted by molar-refractivity contribution is 6.29. The van der Waals surface area contributed by atoms with Gasteiger partial charge in [-0.15, -0.1) is 0 Å². The molecule has 1 fully saturated rings. The van der Waals surface area contributed by atoms with Gasteiger partial charge in [-0.25, -0.2) is 9.97 Å². The van der Waals surface area contributed by atoms with E-state index in [9.17, 15) is 4.79 Å². The van der Waals surface area contributed by atoms with Gasteiger partial charge in [0, 0.05) is 11.7 Å². The second-order valence-corrected chi connectivity index (χ2v) is 5.49. The van der Waals surface area contributed by atoms with Crippen LogP contribution < -0.4 is 5.32 Å². The van der Waals surface area contributed by atoms with Gasteiger partial charge in [0.25, 0.3) is 5.91 Å². The summed E-state index contributed by atoms with van der Waals surface area (Å²) in [4.78, 5) is 20.6. The average Bonchev–Trinajstić information content (AvgIpc) is 3.09. The summed E-state index contributed by atoms with van der Waals surface area (Å²) in [6, 6.07) is 1.93. The molecule has 0 radical (unpaired) electrons. The van der Waals surface area contributed by atoms with Gasteiger partial charge in [0.15, 0.2) is 11.3 Å². The molecular formula is C13H15ClN4O. The molecule has 1 aliphatic carbocycles. The Kier molecular flexibility index (Phi) is 2.93. The van der Waals surface area contributed by atoms with Crippen LogP contribution >= 0.6 is 11.6 Å². The minimum absolute atomic E-state index is 0.184. The molecule has 3 rings (SSSR count). The van der Waals surface area contributed by atoms with E-state index in [4.69, 9.17) is 11.6 Å². The van der Waals surface area contributed by atoms with E-state index in [1.54, 1.807) is 16.8 Å². The Hall–Kier alpha value is -1.62. The maximum absolute atomic E-state index is 12.2. The molecule has 2 aromatic rings. The predicted molar refractivity (Wildman–Crippen MR) is 72.4 cm³/mol. The molecule has 2 aromatic heterocycles. The van der Waals surface area contributed by atoms with E-state index in [1.165, 1.54) is 12.8 Å². The van der Waals surface area contributed by atoms with E-state index < -0.39 is 0 Å². The van der Waals surface area contributed by atoms with Crippen molar-refractivity contribution in [1.82, 2.24) is 19.7 Å². The summed E-state index contributed by atoms with van der Waals surface area (Å²) in [5.41, 5.74) is 1.74. The molecule has 0 unspecified atom stereocenters. The number of carbonyl (C=O) groups excluding carboxylic acids is 1. The van der Waals surface area contributed by atoms with Gasteiger partial charge < -0.3 is 5.32 Å². The van der Waals surface area contributed by atoms with Crippen LogP contribution in [-0.2, 0) is 0 Å². The van der Waals surface area contributed by atoms with Gasteiger partial charge in [-0.1, -0.05) is 11.6 Å². The molecule has 0 bridgehead atoms. The number of nitrogens with one attached hydrogen (secondary N) is 1. The molecule has 5 nitrogen and oxygen atoms in total. The number of rotatable bonds is 3. The summed E-state index contributed by atoms with van der Waals surface area (Å²) in [6.45, 7) is 3.93. The van der Waals surface area contributed by atoms with Crippen LogP contribution in [0, 0.1) is 12.8 Å². The monoisotopic (exact) mass is 278 g/mol.